The van der Waals surface area contributed by atoms with Crippen molar-refractivity contribution in [2.45, 2.75) is 17.1 Å². The lowest BCUT2D eigenvalue weighted by molar-refractivity contribution is 0.0572. The van der Waals surface area contributed by atoms with Crippen LogP contribution in [0.25, 0.3) is 0 Å². The number of aliphatic hydroxyl groups excluding tert-OH is 2. The lowest BCUT2D eigenvalue weighted by Gasteiger charge is -2.16. The van der Waals surface area contributed by atoms with E-state index in [2.05, 4.69) is 0 Å². The lowest BCUT2D eigenvalue weighted by atomic mass is 10.3. The molecule has 0 bridgehead atoms. The number of hydrogen-bond donors (Lipinski definition) is 2. The van der Waals surface area contributed by atoms with Crippen LogP contribution in [0, 0.1) is 5.82 Å². The number of benzene rings is 1. The Morgan fingerprint density at radius 3 is 2.39 bits per heavy atom. The predicted octanol–water partition coefficient (Wildman–Crippen LogP) is 0.205. The monoisotopic (exact) mass is 295 g/mol. The van der Waals surface area contributed by atoms with Crippen molar-refractivity contribution in [2.24, 2.45) is 0 Å². The van der Waals surface area contributed by atoms with Gasteiger partial charge in [0, 0.05) is 13.1 Å². The van der Waals surface area contributed by atoms with E-state index in [-0.39, 0.29) is 18.1 Å². The zero-order valence-electron chi connectivity index (χ0n) is 9.12. The Labute approximate surface area is 108 Å². The van der Waals surface area contributed by atoms with Gasteiger partial charge in [0.1, 0.15) is 4.90 Å². The normalized spacial score (nSPS) is 25.6. The van der Waals surface area contributed by atoms with Crippen LogP contribution in [0.3, 0.4) is 0 Å². The summed E-state index contributed by atoms with van der Waals surface area (Å²) in [6.45, 7) is -0.537. The molecule has 2 rings (SSSR count). The fourth-order valence-electron chi connectivity index (χ4n) is 1.75. The molecular formula is C10H11ClFNO4S. The maximum atomic E-state index is 13.7. The van der Waals surface area contributed by atoms with E-state index in [1.165, 1.54) is 12.1 Å². The predicted molar refractivity (Wildman–Crippen MR) is 62.2 cm³/mol. The highest BCUT2D eigenvalue weighted by atomic mass is 35.5. The molecule has 0 saturated carbocycles. The molecule has 2 N–H and O–H groups in total. The maximum absolute atomic E-state index is 13.7. The van der Waals surface area contributed by atoms with Crippen molar-refractivity contribution in [2.75, 3.05) is 13.1 Å². The van der Waals surface area contributed by atoms with E-state index >= 15 is 0 Å². The molecule has 1 fully saturated rings. The van der Waals surface area contributed by atoms with Gasteiger partial charge in [0.15, 0.2) is 5.82 Å². The third-order valence-corrected chi connectivity index (χ3v) is 4.90. The first-order valence-electron chi connectivity index (χ1n) is 5.14. The Balaban J connectivity index is 2.41. The smallest absolute Gasteiger partial charge is 0.246 e. The molecule has 0 unspecified atom stereocenters. The van der Waals surface area contributed by atoms with Crippen LogP contribution in [0.2, 0.25) is 5.02 Å². The van der Waals surface area contributed by atoms with Crippen LogP contribution in [-0.2, 0) is 10.0 Å². The van der Waals surface area contributed by atoms with Crippen LogP contribution >= 0.6 is 11.6 Å². The molecule has 0 aliphatic carbocycles. The van der Waals surface area contributed by atoms with E-state index in [0.29, 0.717) is 0 Å². The average Bonchev–Trinajstić information content (AvgIpc) is 2.63. The second-order valence-corrected chi connectivity index (χ2v) is 6.32. The van der Waals surface area contributed by atoms with E-state index in [1.807, 2.05) is 0 Å². The molecule has 0 spiro atoms. The molecule has 2 atom stereocenters. The zero-order valence-corrected chi connectivity index (χ0v) is 10.7. The van der Waals surface area contributed by atoms with Crippen LogP contribution in [0.15, 0.2) is 23.1 Å². The van der Waals surface area contributed by atoms with Gasteiger partial charge >= 0.3 is 0 Å². The Bertz CT molecular complexity index is 555. The highest BCUT2D eigenvalue weighted by molar-refractivity contribution is 7.89. The van der Waals surface area contributed by atoms with E-state index in [9.17, 15) is 23.0 Å². The van der Waals surface area contributed by atoms with Crippen LogP contribution in [0.5, 0.6) is 0 Å². The first kappa shape index (κ1) is 13.7. The summed E-state index contributed by atoms with van der Waals surface area (Å²) in [6.07, 6.45) is -2.33. The number of hydrogen-bond acceptors (Lipinski definition) is 4. The lowest BCUT2D eigenvalue weighted by Crippen LogP contribution is -2.30. The minimum absolute atomic E-state index is 0.268. The molecular weight excluding hydrogens is 285 g/mol. The summed E-state index contributed by atoms with van der Waals surface area (Å²) in [5.41, 5.74) is 0. The Hall–Kier alpha value is -0.730. The van der Waals surface area contributed by atoms with Crippen molar-refractivity contribution in [1.29, 1.82) is 0 Å². The highest BCUT2D eigenvalue weighted by Gasteiger charge is 2.38. The molecule has 18 heavy (non-hydrogen) atoms. The quantitative estimate of drug-likeness (QED) is 0.817. The van der Waals surface area contributed by atoms with Crippen molar-refractivity contribution in [3.63, 3.8) is 0 Å². The van der Waals surface area contributed by atoms with Crippen LogP contribution in [0.1, 0.15) is 0 Å². The van der Waals surface area contributed by atoms with Gasteiger partial charge in [-0.3, -0.25) is 0 Å². The van der Waals surface area contributed by atoms with E-state index in [0.717, 1.165) is 10.4 Å². The largest absolute Gasteiger partial charge is 0.389 e. The fraction of sp³-hybridized carbons (Fsp3) is 0.400. The van der Waals surface area contributed by atoms with Crippen LogP contribution in [0.4, 0.5) is 4.39 Å². The molecule has 0 aromatic heterocycles. The van der Waals surface area contributed by atoms with Crippen molar-refractivity contribution < 1.29 is 23.0 Å². The summed E-state index contributed by atoms with van der Waals surface area (Å²) in [6, 6.07) is 3.65. The molecule has 1 aliphatic rings. The molecule has 1 aliphatic heterocycles. The SMILES string of the molecule is O=S(=O)(c1cccc(Cl)c1F)N1C[C@@H](O)[C@@H](O)C1. The summed E-state index contributed by atoms with van der Waals surface area (Å²) >= 11 is 5.53. The van der Waals surface area contributed by atoms with Crippen LogP contribution < -0.4 is 0 Å². The Morgan fingerprint density at radius 1 is 1.28 bits per heavy atom. The number of sulfonamides is 1. The first-order valence-corrected chi connectivity index (χ1v) is 6.96. The van der Waals surface area contributed by atoms with E-state index in [1.54, 1.807) is 0 Å². The van der Waals surface area contributed by atoms with Gasteiger partial charge in [-0.2, -0.15) is 4.31 Å². The molecule has 5 nitrogen and oxygen atoms in total. The number of nitrogens with zero attached hydrogens (tertiary/aromatic N) is 1. The maximum Gasteiger partial charge on any atom is 0.246 e. The molecule has 0 radical (unpaired) electrons. The summed E-state index contributed by atoms with van der Waals surface area (Å²) < 4.78 is 38.7. The molecule has 0 amide bonds. The van der Waals surface area contributed by atoms with Gasteiger partial charge in [0.05, 0.1) is 17.2 Å². The van der Waals surface area contributed by atoms with Gasteiger partial charge in [-0.05, 0) is 12.1 Å². The second kappa shape index (κ2) is 4.75. The van der Waals surface area contributed by atoms with Gasteiger partial charge in [0.2, 0.25) is 10.0 Å². The topological polar surface area (TPSA) is 77.8 Å². The average molecular weight is 296 g/mol. The molecule has 1 aromatic carbocycles. The third kappa shape index (κ3) is 2.24. The summed E-state index contributed by atoms with van der Waals surface area (Å²) in [4.78, 5) is -0.559. The van der Waals surface area contributed by atoms with Gasteiger partial charge in [-0.15, -0.1) is 0 Å². The highest BCUT2D eigenvalue weighted by Crippen LogP contribution is 2.27. The number of rotatable bonds is 2. The van der Waals surface area contributed by atoms with E-state index < -0.39 is 32.9 Å². The van der Waals surface area contributed by atoms with Gasteiger partial charge in [0.25, 0.3) is 0 Å². The van der Waals surface area contributed by atoms with Gasteiger partial charge in [-0.1, -0.05) is 17.7 Å². The summed E-state index contributed by atoms with van der Waals surface area (Å²) in [5, 5.41) is 18.4. The Kier molecular flexibility index (Phi) is 3.61. The second-order valence-electron chi connectivity index (χ2n) is 4.01. The number of β-amino-alcohol motifs (C(OH)–C–C–N with tert-alkyl or cyclic N) is 2. The minimum atomic E-state index is -4.10. The number of aliphatic hydroxyl groups is 2. The molecule has 1 saturated heterocycles. The van der Waals surface area contributed by atoms with E-state index in [4.69, 9.17) is 11.6 Å². The van der Waals surface area contributed by atoms with Gasteiger partial charge in [-0.25, -0.2) is 12.8 Å². The number of halogens is 2. The molecule has 1 aromatic rings. The van der Waals surface area contributed by atoms with Crippen molar-refractivity contribution in [3.8, 4) is 0 Å². The minimum Gasteiger partial charge on any atom is -0.389 e. The molecule has 100 valence electrons. The standard InChI is InChI=1S/C10H11ClFNO4S/c11-6-2-1-3-9(10(6)12)18(16,17)13-4-7(14)8(15)5-13/h1-3,7-8,14-15H,4-5H2/t7-,8+. The summed E-state index contributed by atoms with van der Waals surface area (Å²) in [7, 11) is -4.10. The fourth-order valence-corrected chi connectivity index (χ4v) is 3.55. The Morgan fingerprint density at radius 2 is 1.83 bits per heavy atom. The van der Waals surface area contributed by atoms with Crippen molar-refractivity contribution in [3.05, 3.63) is 29.0 Å². The van der Waals surface area contributed by atoms with Gasteiger partial charge < -0.3 is 10.2 Å². The van der Waals surface area contributed by atoms with Crippen LogP contribution in [-0.4, -0.2) is 48.2 Å². The zero-order chi connectivity index (χ0) is 13.5. The molecule has 8 heteroatoms. The first-order chi connectivity index (χ1) is 8.34. The molecule has 1 heterocycles. The third-order valence-electron chi connectivity index (χ3n) is 2.76. The summed E-state index contributed by atoms with van der Waals surface area (Å²) in [5.74, 6) is -1.03. The van der Waals surface area contributed by atoms with Crippen molar-refractivity contribution >= 4 is 21.6 Å². The van der Waals surface area contributed by atoms with Crippen molar-refractivity contribution in [1.82, 2.24) is 4.31 Å².